The van der Waals surface area contributed by atoms with Crippen LogP contribution in [0.5, 0.6) is 0 Å². The van der Waals surface area contributed by atoms with Crippen LogP contribution in [0.3, 0.4) is 0 Å². The molecule has 7 nitrogen and oxygen atoms in total. The third kappa shape index (κ3) is 4.53. The molecule has 2 amide bonds. The van der Waals surface area contributed by atoms with Crippen LogP contribution in [-0.2, 0) is 27.3 Å². The number of hydrogen-bond donors (Lipinski definition) is 1. The molecule has 0 saturated heterocycles. The van der Waals surface area contributed by atoms with E-state index in [0.717, 1.165) is 33.4 Å². The molecule has 3 aromatic rings. The lowest BCUT2D eigenvalue weighted by Crippen LogP contribution is -2.57. The number of carboxylic acid groups (broad SMARTS) is 1. The number of carbonyl (C=O) groups is 3. The van der Waals surface area contributed by atoms with Gasteiger partial charge in [0, 0.05) is 25.9 Å². The number of carboxylic acids is 1. The van der Waals surface area contributed by atoms with Crippen LogP contribution in [0.25, 0.3) is 11.1 Å². The smallest absolute Gasteiger partial charge is 0.410 e. The molecule has 0 bridgehead atoms. The Hall–Kier alpha value is -4.13. The third-order valence-electron chi connectivity index (χ3n) is 7.74. The molecular formula is C31H32N2O5. The molecule has 1 N–H and O–H groups in total. The van der Waals surface area contributed by atoms with Gasteiger partial charge in [-0.25, -0.2) is 9.59 Å². The molecule has 0 spiro atoms. The lowest BCUT2D eigenvalue weighted by molar-refractivity contribution is -0.154. The van der Waals surface area contributed by atoms with E-state index in [0.29, 0.717) is 0 Å². The molecule has 38 heavy (non-hydrogen) atoms. The zero-order valence-corrected chi connectivity index (χ0v) is 21.8. The third-order valence-corrected chi connectivity index (χ3v) is 7.74. The fraction of sp³-hybridized carbons (Fsp3) is 0.323. The van der Waals surface area contributed by atoms with Gasteiger partial charge in [-0.05, 0) is 39.3 Å². The van der Waals surface area contributed by atoms with Crippen molar-refractivity contribution in [2.75, 3.05) is 13.7 Å². The number of fused-ring (bicyclic) bond motifs is 4. The Kier molecular flexibility index (Phi) is 6.93. The number of hydrogen-bond acceptors (Lipinski definition) is 4. The molecule has 5 rings (SSSR count). The van der Waals surface area contributed by atoms with E-state index < -0.39 is 30.1 Å². The highest BCUT2D eigenvalue weighted by atomic mass is 16.6. The highest BCUT2D eigenvalue weighted by Gasteiger charge is 2.41. The van der Waals surface area contributed by atoms with Crippen LogP contribution in [0.1, 0.15) is 42.0 Å². The maximum absolute atomic E-state index is 13.8. The average Bonchev–Trinajstić information content (AvgIpc) is 3.24. The Morgan fingerprint density at radius 3 is 2.05 bits per heavy atom. The van der Waals surface area contributed by atoms with Gasteiger partial charge in [-0.1, -0.05) is 86.6 Å². The number of nitrogens with zero attached hydrogens (tertiary/aromatic N) is 2. The van der Waals surface area contributed by atoms with Crippen molar-refractivity contribution in [1.82, 2.24) is 9.80 Å². The number of benzene rings is 3. The first kappa shape index (κ1) is 25.5. The van der Waals surface area contributed by atoms with Gasteiger partial charge in [0.05, 0.1) is 0 Å². The molecule has 1 aliphatic carbocycles. The van der Waals surface area contributed by atoms with E-state index in [-0.39, 0.29) is 31.4 Å². The van der Waals surface area contributed by atoms with Gasteiger partial charge in [0.15, 0.2) is 0 Å². The summed E-state index contributed by atoms with van der Waals surface area (Å²) in [5.74, 6) is -1.79. The number of aliphatic carboxylic acids is 1. The van der Waals surface area contributed by atoms with Gasteiger partial charge in [-0.3, -0.25) is 9.69 Å². The Morgan fingerprint density at radius 2 is 1.47 bits per heavy atom. The van der Waals surface area contributed by atoms with Crippen molar-refractivity contribution >= 4 is 18.0 Å². The fourth-order valence-electron chi connectivity index (χ4n) is 5.85. The number of carbonyl (C=O) groups excluding carboxylic acids is 2. The van der Waals surface area contributed by atoms with Gasteiger partial charge in [0.25, 0.3) is 0 Å². The van der Waals surface area contributed by atoms with Crippen molar-refractivity contribution in [2.24, 2.45) is 5.92 Å². The highest BCUT2D eigenvalue weighted by molar-refractivity contribution is 5.90. The van der Waals surface area contributed by atoms with Crippen LogP contribution < -0.4 is 0 Å². The molecule has 3 aromatic carbocycles. The van der Waals surface area contributed by atoms with Crippen molar-refractivity contribution < 1.29 is 24.2 Å². The summed E-state index contributed by atoms with van der Waals surface area (Å²) < 4.78 is 5.80. The first-order valence-corrected chi connectivity index (χ1v) is 13.0. The van der Waals surface area contributed by atoms with Gasteiger partial charge in [0.1, 0.15) is 18.7 Å². The van der Waals surface area contributed by atoms with Crippen molar-refractivity contribution in [1.29, 1.82) is 0 Å². The van der Waals surface area contributed by atoms with Crippen molar-refractivity contribution in [3.05, 3.63) is 95.1 Å². The number of rotatable bonds is 6. The molecule has 0 aromatic heterocycles. The lowest BCUT2D eigenvalue weighted by Gasteiger charge is -2.39. The quantitative estimate of drug-likeness (QED) is 0.506. The summed E-state index contributed by atoms with van der Waals surface area (Å²) in [6, 6.07) is 21.9. The summed E-state index contributed by atoms with van der Waals surface area (Å²) in [6.07, 6.45) is -0.375. The van der Waals surface area contributed by atoms with Gasteiger partial charge in [0.2, 0.25) is 5.91 Å². The molecular weight excluding hydrogens is 480 g/mol. The van der Waals surface area contributed by atoms with Gasteiger partial charge < -0.3 is 14.7 Å². The van der Waals surface area contributed by atoms with E-state index in [1.54, 1.807) is 7.05 Å². The summed E-state index contributed by atoms with van der Waals surface area (Å²) in [5, 5.41) is 9.92. The second-order valence-corrected chi connectivity index (χ2v) is 10.4. The molecule has 0 radical (unpaired) electrons. The van der Waals surface area contributed by atoms with Crippen LogP contribution in [-0.4, -0.2) is 58.6 Å². The Balaban J connectivity index is 1.34. The first-order valence-electron chi connectivity index (χ1n) is 13.0. The molecule has 0 unspecified atom stereocenters. The summed E-state index contributed by atoms with van der Waals surface area (Å²) >= 11 is 0. The van der Waals surface area contributed by atoms with Crippen LogP contribution >= 0.6 is 0 Å². The maximum atomic E-state index is 13.8. The van der Waals surface area contributed by atoms with Crippen molar-refractivity contribution in [2.45, 2.75) is 44.8 Å². The normalized spacial score (nSPS) is 16.8. The van der Waals surface area contributed by atoms with E-state index in [4.69, 9.17) is 4.74 Å². The highest BCUT2D eigenvalue weighted by Crippen LogP contribution is 2.44. The van der Waals surface area contributed by atoms with E-state index in [1.165, 1.54) is 9.80 Å². The number of amides is 2. The molecule has 7 heteroatoms. The van der Waals surface area contributed by atoms with Gasteiger partial charge >= 0.3 is 12.1 Å². The minimum Gasteiger partial charge on any atom is -0.480 e. The SMILES string of the molecule is CC(C)[C@@H](C(=O)N1Cc2ccccc2C[C@H]1C(=O)O)N(C)C(=O)OCC1c2ccccc2-c2ccccc21. The van der Waals surface area contributed by atoms with Crippen LogP contribution in [0, 0.1) is 5.92 Å². The standard InChI is InChI=1S/C31H32N2O5/c1-19(2)28(29(34)33-17-21-11-5-4-10-20(21)16-27(33)30(35)36)32(3)31(37)38-18-26-24-14-8-6-12-22(24)23-13-7-9-15-25(23)26/h4-15,19,26-28H,16-18H2,1-3H3,(H,35,36)/t27-,28-/m0/s1. The second kappa shape index (κ2) is 10.3. The largest absolute Gasteiger partial charge is 0.480 e. The van der Waals surface area contributed by atoms with E-state index in [2.05, 4.69) is 24.3 Å². The van der Waals surface area contributed by atoms with Crippen LogP contribution in [0.4, 0.5) is 4.79 Å². The number of ether oxygens (including phenoxy) is 1. The summed E-state index contributed by atoms with van der Waals surface area (Å²) in [6.45, 7) is 4.03. The Morgan fingerprint density at radius 1 is 0.921 bits per heavy atom. The van der Waals surface area contributed by atoms with Gasteiger partial charge in [-0.15, -0.1) is 0 Å². The summed E-state index contributed by atoms with van der Waals surface area (Å²) in [5.41, 5.74) is 6.34. The van der Waals surface area contributed by atoms with Gasteiger partial charge in [-0.2, -0.15) is 0 Å². The van der Waals surface area contributed by atoms with Crippen LogP contribution in [0.15, 0.2) is 72.8 Å². The zero-order chi connectivity index (χ0) is 27.0. The average molecular weight is 513 g/mol. The van der Waals surface area contributed by atoms with Crippen molar-refractivity contribution in [3.8, 4) is 11.1 Å². The lowest BCUT2D eigenvalue weighted by atomic mass is 9.92. The first-order chi connectivity index (χ1) is 18.3. The maximum Gasteiger partial charge on any atom is 0.410 e. The second-order valence-electron chi connectivity index (χ2n) is 10.4. The topological polar surface area (TPSA) is 87.2 Å². The fourth-order valence-corrected chi connectivity index (χ4v) is 5.85. The minimum absolute atomic E-state index is 0.0945. The van der Waals surface area contributed by atoms with Crippen LogP contribution in [0.2, 0.25) is 0 Å². The minimum atomic E-state index is -1.06. The predicted molar refractivity (Wildman–Crippen MR) is 144 cm³/mol. The molecule has 2 atom stereocenters. The number of likely N-dealkylation sites (N-methyl/N-ethyl adjacent to an activating group) is 1. The Bertz CT molecular complexity index is 1340. The molecule has 1 heterocycles. The Labute approximate surface area is 222 Å². The zero-order valence-electron chi connectivity index (χ0n) is 21.8. The van der Waals surface area contributed by atoms with Crippen molar-refractivity contribution in [3.63, 3.8) is 0 Å². The summed E-state index contributed by atoms with van der Waals surface area (Å²) in [7, 11) is 1.55. The molecule has 1 aliphatic heterocycles. The molecule has 0 saturated carbocycles. The van der Waals surface area contributed by atoms with E-state index in [9.17, 15) is 19.5 Å². The molecule has 196 valence electrons. The van der Waals surface area contributed by atoms with E-state index in [1.807, 2.05) is 62.4 Å². The van der Waals surface area contributed by atoms with E-state index >= 15 is 0 Å². The molecule has 0 fully saturated rings. The monoisotopic (exact) mass is 512 g/mol. The summed E-state index contributed by atoms with van der Waals surface area (Å²) in [4.78, 5) is 41.9. The molecule has 2 aliphatic rings. The predicted octanol–water partition coefficient (Wildman–Crippen LogP) is 4.93.